The van der Waals surface area contributed by atoms with Crippen molar-refractivity contribution in [3.05, 3.63) is 64.6 Å². The van der Waals surface area contributed by atoms with Crippen LogP contribution in [0.5, 0.6) is 0 Å². The molecular weight excluding hydrogens is 408 g/mol. The smallest absolute Gasteiger partial charge is 0.280 e. The summed E-state index contributed by atoms with van der Waals surface area (Å²) in [6.07, 6.45) is 2.97. The van der Waals surface area contributed by atoms with Crippen LogP contribution in [0.15, 0.2) is 40.2 Å². The van der Waals surface area contributed by atoms with Gasteiger partial charge >= 0.3 is 0 Å². The molecule has 3 aromatic heterocycles. The summed E-state index contributed by atoms with van der Waals surface area (Å²) in [5.74, 6) is 0.0277. The van der Waals surface area contributed by atoms with Gasteiger partial charge in [-0.25, -0.2) is 18.7 Å². The molecule has 156 valence electrons. The average molecular weight is 423 g/mol. The van der Waals surface area contributed by atoms with Crippen LogP contribution in [0.4, 0.5) is 14.5 Å². The van der Waals surface area contributed by atoms with Crippen LogP contribution >= 0.6 is 0 Å². The number of nitrogens with zero attached hydrogens (tertiary/aromatic N) is 7. The zero-order chi connectivity index (χ0) is 21.1. The van der Waals surface area contributed by atoms with E-state index in [0.717, 1.165) is 12.6 Å². The number of aryl methyl sites for hydroxylation is 1. The maximum atomic E-state index is 13.7. The molecule has 1 unspecified atom stereocenters. The second-order valence-corrected chi connectivity index (χ2v) is 8.48. The van der Waals surface area contributed by atoms with Gasteiger partial charge in [-0.1, -0.05) is 5.16 Å². The quantitative estimate of drug-likeness (QED) is 0.487. The van der Waals surface area contributed by atoms with Gasteiger partial charge in [0.05, 0.1) is 11.7 Å². The average Bonchev–Trinajstić information content (AvgIpc) is 3.22. The molecule has 1 aromatic carbocycles. The van der Waals surface area contributed by atoms with Gasteiger partial charge in [0.25, 0.3) is 5.56 Å². The third-order valence-corrected chi connectivity index (χ3v) is 7.04. The summed E-state index contributed by atoms with van der Waals surface area (Å²) in [6, 6.07) is 4.16. The number of aromatic nitrogens is 6. The fourth-order valence-electron chi connectivity index (χ4n) is 5.49. The minimum atomic E-state index is -0.853. The summed E-state index contributed by atoms with van der Waals surface area (Å²) in [6.45, 7) is 0.869. The van der Waals surface area contributed by atoms with Crippen LogP contribution in [-0.4, -0.2) is 41.8 Å². The Labute approximate surface area is 172 Å². The Morgan fingerprint density at radius 3 is 2.87 bits per heavy atom. The van der Waals surface area contributed by atoms with Crippen molar-refractivity contribution >= 4 is 16.9 Å². The number of imidazole rings is 1. The summed E-state index contributed by atoms with van der Waals surface area (Å²) in [5.41, 5.74) is 1.05. The number of halogens is 2. The molecule has 2 saturated carbocycles. The zero-order valence-electron chi connectivity index (χ0n) is 16.2. The molecule has 2 saturated heterocycles. The van der Waals surface area contributed by atoms with E-state index >= 15 is 0 Å². The number of anilines is 1. The van der Waals surface area contributed by atoms with Crippen molar-refractivity contribution in [3.63, 3.8) is 0 Å². The Hall–Kier alpha value is -3.63. The van der Waals surface area contributed by atoms with Crippen LogP contribution in [0.25, 0.3) is 11.2 Å². The SMILES string of the molecule is Cn1cnc2ncn(Cc3nc([C@]45C6[C@@H]4[C@@H]5CN6c4ccc(F)c(F)c4)no3)c(=O)c21. The first-order chi connectivity index (χ1) is 15.0. The standard InChI is InChI=1S/C20H15F2N7O2/c1-27-7-23-17-15(27)18(30)28(8-24-17)6-13-25-19(26-31-13)20-10-5-29(16(20)14(10)20)9-2-3-11(21)12(22)4-9/h2-4,7-8,10,14,16H,5-6H2,1H3/t10-,14-,16?,20-/m0/s1. The van der Waals surface area contributed by atoms with Crippen LogP contribution in [-0.2, 0) is 19.0 Å². The number of hydrogen-bond donors (Lipinski definition) is 0. The van der Waals surface area contributed by atoms with Gasteiger partial charge in [-0.05, 0) is 18.1 Å². The van der Waals surface area contributed by atoms with Crippen molar-refractivity contribution in [2.75, 3.05) is 11.4 Å². The summed E-state index contributed by atoms with van der Waals surface area (Å²) < 4.78 is 35.4. The molecule has 4 aromatic rings. The maximum absolute atomic E-state index is 13.7. The van der Waals surface area contributed by atoms with Gasteiger partial charge in [0.1, 0.15) is 12.9 Å². The molecule has 0 radical (unpaired) electrons. The second kappa shape index (κ2) is 5.34. The maximum Gasteiger partial charge on any atom is 0.280 e. The van der Waals surface area contributed by atoms with Crippen molar-refractivity contribution in [3.8, 4) is 0 Å². The molecule has 9 nitrogen and oxygen atoms in total. The Balaban J connectivity index is 1.16. The molecule has 4 fully saturated rings. The molecule has 2 aliphatic heterocycles. The zero-order valence-corrected chi connectivity index (χ0v) is 16.2. The Bertz CT molecular complexity index is 1450. The minimum absolute atomic E-state index is 0.114. The number of benzene rings is 1. The summed E-state index contributed by atoms with van der Waals surface area (Å²) in [4.78, 5) is 27.7. The predicted octanol–water partition coefficient (Wildman–Crippen LogP) is 1.23. The first kappa shape index (κ1) is 17.1. The predicted molar refractivity (Wildman–Crippen MR) is 102 cm³/mol. The molecule has 2 bridgehead atoms. The van der Waals surface area contributed by atoms with Crippen molar-refractivity contribution in [2.45, 2.75) is 18.0 Å². The molecule has 0 amide bonds. The van der Waals surface area contributed by atoms with Gasteiger partial charge < -0.3 is 14.0 Å². The number of piperidine rings is 1. The van der Waals surface area contributed by atoms with Gasteiger partial charge in [-0.2, -0.15) is 4.98 Å². The largest absolute Gasteiger partial charge is 0.367 e. The molecule has 4 atom stereocenters. The number of rotatable bonds is 4. The molecule has 5 heterocycles. The highest BCUT2D eigenvalue weighted by Crippen LogP contribution is 2.85. The van der Waals surface area contributed by atoms with Gasteiger partial charge in [-0.3, -0.25) is 9.36 Å². The fourth-order valence-corrected chi connectivity index (χ4v) is 5.49. The van der Waals surface area contributed by atoms with E-state index in [2.05, 4.69) is 25.0 Å². The Morgan fingerprint density at radius 1 is 1.23 bits per heavy atom. The molecule has 0 spiro atoms. The molecule has 11 heteroatoms. The molecule has 2 aliphatic carbocycles. The molecule has 31 heavy (non-hydrogen) atoms. The van der Waals surface area contributed by atoms with E-state index in [0.29, 0.717) is 40.4 Å². The number of fused-ring (bicyclic) bond motifs is 2. The lowest BCUT2D eigenvalue weighted by molar-refractivity contribution is 0.362. The second-order valence-electron chi connectivity index (χ2n) is 8.48. The van der Waals surface area contributed by atoms with E-state index in [1.165, 1.54) is 17.0 Å². The molecule has 4 aliphatic rings. The lowest BCUT2D eigenvalue weighted by atomic mass is 10.1. The van der Waals surface area contributed by atoms with E-state index in [1.54, 1.807) is 24.0 Å². The fraction of sp³-hybridized carbons (Fsp3) is 0.350. The van der Waals surface area contributed by atoms with Gasteiger partial charge in [-0.15, -0.1) is 0 Å². The summed E-state index contributed by atoms with van der Waals surface area (Å²) >= 11 is 0. The van der Waals surface area contributed by atoms with Crippen LogP contribution in [0, 0.1) is 23.5 Å². The van der Waals surface area contributed by atoms with Crippen molar-refractivity contribution in [1.82, 2.24) is 29.2 Å². The van der Waals surface area contributed by atoms with E-state index in [9.17, 15) is 13.6 Å². The summed E-state index contributed by atoms with van der Waals surface area (Å²) in [7, 11) is 1.74. The van der Waals surface area contributed by atoms with E-state index in [4.69, 9.17) is 4.52 Å². The van der Waals surface area contributed by atoms with Crippen molar-refractivity contribution in [1.29, 1.82) is 0 Å². The highest BCUT2D eigenvalue weighted by Gasteiger charge is 2.95. The summed E-state index contributed by atoms with van der Waals surface area (Å²) in [5, 5.41) is 4.19. The highest BCUT2D eigenvalue weighted by molar-refractivity contribution is 5.69. The van der Waals surface area contributed by atoms with E-state index < -0.39 is 11.6 Å². The monoisotopic (exact) mass is 423 g/mol. The third-order valence-electron chi connectivity index (χ3n) is 7.04. The van der Waals surface area contributed by atoms with Crippen LogP contribution < -0.4 is 10.5 Å². The normalized spacial score (nSPS) is 27.7. The van der Waals surface area contributed by atoms with E-state index in [-0.39, 0.29) is 23.6 Å². The van der Waals surface area contributed by atoms with Gasteiger partial charge in [0.15, 0.2) is 28.6 Å². The van der Waals surface area contributed by atoms with Gasteiger partial charge in [0, 0.05) is 37.3 Å². The van der Waals surface area contributed by atoms with Crippen LogP contribution in [0.3, 0.4) is 0 Å². The van der Waals surface area contributed by atoms with Crippen LogP contribution in [0.2, 0.25) is 0 Å². The third kappa shape index (κ3) is 2.01. The topological polar surface area (TPSA) is 94.9 Å². The van der Waals surface area contributed by atoms with Crippen LogP contribution in [0.1, 0.15) is 11.7 Å². The van der Waals surface area contributed by atoms with Crippen molar-refractivity contribution < 1.29 is 13.3 Å². The minimum Gasteiger partial charge on any atom is -0.367 e. The van der Waals surface area contributed by atoms with E-state index in [1.807, 2.05) is 0 Å². The van der Waals surface area contributed by atoms with Gasteiger partial charge in [0.2, 0.25) is 5.89 Å². The van der Waals surface area contributed by atoms with Crippen molar-refractivity contribution in [2.24, 2.45) is 18.9 Å². The molecular formula is C20H15F2N7O2. The molecule has 8 rings (SSSR count). The Morgan fingerprint density at radius 2 is 2.06 bits per heavy atom. The first-order valence-electron chi connectivity index (χ1n) is 9.91. The molecule has 0 N–H and O–H groups in total. The lowest BCUT2D eigenvalue weighted by Gasteiger charge is -2.18. The first-order valence-corrected chi connectivity index (χ1v) is 9.91. The Kier molecular flexibility index (Phi) is 2.94. The highest BCUT2D eigenvalue weighted by atomic mass is 19.2. The number of hydrogen-bond acceptors (Lipinski definition) is 7. The lowest BCUT2D eigenvalue weighted by Crippen LogP contribution is -2.23.